The van der Waals surface area contributed by atoms with Crippen LogP contribution in [-0.4, -0.2) is 45.8 Å². The molecule has 0 bridgehead atoms. The molecule has 2 N–H and O–H groups in total. The molecular weight excluding hydrogens is 268 g/mol. The summed E-state index contributed by atoms with van der Waals surface area (Å²) < 4.78 is 7.70. The van der Waals surface area contributed by atoms with Crippen molar-refractivity contribution in [3.8, 4) is 0 Å². The van der Waals surface area contributed by atoms with Crippen LogP contribution in [0.3, 0.4) is 0 Å². The summed E-state index contributed by atoms with van der Waals surface area (Å²) in [6.45, 7) is 5.53. The van der Waals surface area contributed by atoms with Crippen molar-refractivity contribution in [2.24, 2.45) is 18.7 Å². The van der Waals surface area contributed by atoms with Crippen molar-refractivity contribution >= 4 is 5.91 Å². The Kier molecular flexibility index (Phi) is 3.33. The second kappa shape index (κ2) is 4.81. The first kappa shape index (κ1) is 14.5. The number of carbonyl (C=O) groups is 1. The van der Waals surface area contributed by atoms with Crippen molar-refractivity contribution in [2.45, 2.75) is 37.8 Å². The number of ether oxygens (including phenoxy) is 1. The molecule has 1 saturated heterocycles. The summed E-state index contributed by atoms with van der Waals surface area (Å²) in [7, 11) is 1.88. The average Bonchev–Trinajstić information content (AvgIpc) is 3.21. The number of hydrogen-bond donors (Lipinski definition) is 1. The van der Waals surface area contributed by atoms with Gasteiger partial charge in [-0.2, -0.15) is 5.10 Å². The smallest absolute Gasteiger partial charge is 0.242 e. The summed E-state index contributed by atoms with van der Waals surface area (Å²) >= 11 is 0. The van der Waals surface area contributed by atoms with E-state index in [2.05, 4.69) is 5.10 Å². The molecule has 6 heteroatoms. The summed E-state index contributed by atoms with van der Waals surface area (Å²) in [6, 6.07) is 0. The lowest BCUT2D eigenvalue weighted by molar-refractivity contribution is -0.155. The zero-order chi connectivity index (χ0) is 15.3. The maximum absolute atomic E-state index is 12.8. The maximum atomic E-state index is 12.8. The average molecular weight is 292 g/mol. The fourth-order valence-electron chi connectivity index (χ4n) is 3.11. The highest BCUT2D eigenvalue weighted by molar-refractivity contribution is 5.86. The van der Waals surface area contributed by atoms with Crippen LogP contribution in [0.5, 0.6) is 0 Å². The van der Waals surface area contributed by atoms with Gasteiger partial charge in [-0.25, -0.2) is 0 Å². The van der Waals surface area contributed by atoms with Crippen LogP contribution in [0.25, 0.3) is 0 Å². The molecule has 6 nitrogen and oxygen atoms in total. The lowest BCUT2D eigenvalue weighted by Gasteiger charge is -2.42. The highest BCUT2D eigenvalue weighted by atomic mass is 16.5. The number of nitrogens with two attached hydrogens (primary N) is 1. The van der Waals surface area contributed by atoms with Crippen LogP contribution < -0.4 is 5.73 Å². The van der Waals surface area contributed by atoms with Crippen LogP contribution in [0, 0.1) is 5.92 Å². The van der Waals surface area contributed by atoms with E-state index in [0.717, 1.165) is 18.4 Å². The first-order chi connectivity index (χ1) is 9.83. The van der Waals surface area contributed by atoms with Crippen LogP contribution in [-0.2, 0) is 22.2 Å². The fourth-order valence-corrected chi connectivity index (χ4v) is 3.11. The van der Waals surface area contributed by atoms with Gasteiger partial charge in [0.15, 0.2) is 0 Å². The van der Waals surface area contributed by atoms with Gasteiger partial charge in [0.2, 0.25) is 5.91 Å². The Morgan fingerprint density at radius 2 is 2.29 bits per heavy atom. The maximum Gasteiger partial charge on any atom is 0.242 e. The van der Waals surface area contributed by atoms with Gasteiger partial charge in [-0.3, -0.25) is 9.48 Å². The molecule has 1 saturated carbocycles. The van der Waals surface area contributed by atoms with Gasteiger partial charge in [-0.05, 0) is 32.6 Å². The number of nitrogens with zero attached hydrogens (tertiary/aromatic N) is 3. The predicted octanol–water partition coefficient (Wildman–Crippen LogP) is 0.621. The van der Waals surface area contributed by atoms with Gasteiger partial charge in [0.05, 0.1) is 24.9 Å². The first-order valence-corrected chi connectivity index (χ1v) is 7.54. The molecule has 21 heavy (non-hydrogen) atoms. The Morgan fingerprint density at radius 3 is 2.86 bits per heavy atom. The molecular formula is C15H24N4O2. The van der Waals surface area contributed by atoms with Gasteiger partial charge in [0.25, 0.3) is 0 Å². The van der Waals surface area contributed by atoms with Gasteiger partial charge in [0.1, 0.15) is 5.60 Å². The third-order valence-electron chi connectivity index (χ3n) is 4.76. The molecule has 1 aliphatic carbocycles. The van der Waals surface area contributed by atoms with E-state index < -0.39 is 11.1 Å². The number of rotatable bonds is 3. The van der Waals surface area contributed by atoms with Crippen molar-refractivity contribution in [2.75, 3.05) is 19.7 Å². The third-order valence-corrected chi connectivity index (χ3v) is 4.76. The quantitative estimate of drug-likeness (QED) is 0.886. The normalized spacial score (nSPS) is 29.2. The summed E-state index contributed by atoms with van der Waals surface area (Å²) in [5.41, 5.74) is 6.02. The molecule has 2 atom stereocenters. The minimum absolute atomic E-state index is 0.0448. The molecule has 2 heterocycles. The van der Waals surface area contributed by atoms with Gasteiger partial charge in [-0.1, -0.05) is 0 Å². The summed E-state index contributed by atoms with van der Waals surface area (Å²) in [5, 5.41) is 4.20. The molecule has 2 unspecified atom stereocenters. The van der Waals surface area contributed by atoms with E-state index in [1.54, 1.807) is 10.9 Å². The number of aryl methyl sites for hydroxylation is 1. The highest BCUT2D eigenvalue weighted by Crippen LogP contribution is 2.40. The number of hydrogen-bond acceptors (Lipinski definition) is 4. The van der Waals surface area contributed by atoms with E-state index in [9.17, 15) is 4.79 Å². The van der Waals surface area contributed by atoms with E-state index in [-0.39, 0.29) is 5.91 Å². The molecule has 0 radical (unpaired) electrons. The predicted molar refractivity (Wildman–Crippen MR) is 78.4 cm³/mol. The number of amides is 1. The highest BCUT2D eigenvalue weighted by Gasteiger charge is 2.48. The fraction of sp³-hybridized carbons (Fsp3) is 0.733. The molecule has 2 aliphatic rings. The molecule has 1 aromatic rings. The van der Waals surface area contributed by atoms with Gasteiger partial charge in [0, 0.05) is 25.4 Å². The Hall–Kier alpha value is -1.40. The third kappa shape index (κ3) is 2.58. The molecule has 0 spiro atoms. The van der Waals surface area contributed by atoms with E-state index in [0.29, 0.717) is 25.6 Å². The van der Waals surface area contributed by atoms with Crippen molar-refractivity contribution in [1.29, 1.82) is 0 Å². The van der Waals surface area contributed by atoms with Gasteiger partial charge in [-0.15, -0.1) is 0 Å². The zero-order valence-electron chi connectivity index (χ0n) is 13.0. The minimum atomic E-state index is -0.743. The lowest BCUT2D eigenvalue weighted by Crippen LogP contribution is -2.60. The van der Waals surface area contributed by atoms with Crippen LogP contribution in [0.1, 0.15) is 32.3 Å². The number of aromatic nitrogens is 2. The Morgan fingerprint density at radius 1 is 1.57 bits per heavy atom. The summed E-state index contributed by atoms with van der Waals surface area (Å²) in [5.74, 6) is 0.376. The zero-order valence-corrected chi connectivity index (χ0v) is 13.0. The lowest BCUT2D eigenvalue weighted by atomic mass is 9.92. The number of morpholine rings is 1. The number of carbonyl (C=O) groups excluding carboxylic acids is 1. The Bertz CT molecular complexity index is 550. The molecule has 3 rings (SSSR count). The van der Waals surface area contributed by atoms with Gasteiger partial charge >= 0.3 is 0 Å². The molecule has 1 aliphatic heterocycles. The summed E-state index contributed by atoms with van der Waals surface area (Å²) in [6.07, 6.45) is 5.86. The first-order valence-electron chi connectivity index (χ1n) is 7.54. The largest absolute Gasteiger partial charge is 0.367 e. The van der Waals surface area contributed by atoms with Crippen molar-refractivity contribution in [1.82, 2.24) is 14.7 Å². The summed E-state index contributed by atoms with van der Waals surface area (Å²) in [4.78, 5) is 14.6. The molecule has 1 amide bonds. The minimum Gasteiger partial charge on any atom is -0.367 e. The Labute approximate surface area is 125 Å². The second-order valence-corrected chi connectivity index (χ2v) is 6.77. The van der Waals surface area contributed by atoms with Crippen LogP contribution in [0.2, 0.25) is 0 Å². The van der Waals surface area contributed by atoms with E-state index in [4.69, 9.17) is 10.5 Å². The van der Waals surface area contributed by atoms with Crippen molar-refractivity contribution in [3.05, 3.63) is 18.0 Å². The Balaban J connectivity index is 1.78. The topological polar surface area (TPSA) is 73.4 Å². The van der Waals surface area contributed by atoms with E-state index in [1.165, 1.54) is 0 Å². The van der Waals surface area contributed by atoms with E-state index >= 15 is 0 Å². The van der Waals surface area contributed by atoms with Crippen LogP contribution >= 0.6 is 0 Å². The molecule has 116 valence electrons. The van der Waals surface area contributed by atoms with Crippen molar-refractivity contribution in [3.63, 3.8) is 0 Å². The second-order valence-electron chi connectivity index (χ2n) is 6.77. The molecule has 1 aromatic heterocycles. The monoisotopic (exact) mass is 292 g/mol. The van der Waals surface area contributed by atoms with Gasteiger partial charge < -0.3 is 15.4 Å². The van der Waals surface area contributed by atoms with Crippen LogP contribution in [0.15, 0.2) is 12.4 Å². The van der Waals surface area contributed by atoms with Crippen molar-refractivity contribution < 1.29 is 9.53 Å². The SMILES string of the molecule is Cn1cc(C2(C)CN(C(=O)C(C)(N)C3CC3)CCO2)cn1. The standard InChI is InChI=1S/C15H24N4O2/c1-14(12-8-17-18(3)9-12)10-19(6-7-21-14)13(20)15(2,16)11-4-5-11/h8-9,11H,4-7,10,16H2,1-3H3. The molecule has 2 fully saturated rings. The molecule has 0 aromatic carbocycles. The van der Waals surface area contributed by atoms with E-state index in [1.807, 2.05) is 32.0 Å². The van der Waals surface area contributed by atoms with Crippen LogP contribution in [0.4, 0.5) is 0 Å².